The molecular weight excluding hydrogens is 541 g/mol. The number of nitrogens with zero attached hydrogens (tertiary/aromatic N) is 3. The Morgan fingerprint density at radius 3 is 2.46 bits per heavy atom. The van der Waals surface area contributed by atoms with Gasteiger partial charge in [-0.15, -0.1) is 0 Å². The molecule has 2 aliphatic carbocycles. The fourth-order valence-corrected chi connectivity index (χ4v) is 4.50. The highest BCUT2D eigenvalue weighted by atomic mass is 19.4. The van der Waals surface area contributed by atoms with E-state index in [-0.39, 0.29) is 11.8 Å². The molecule has 2 heterocycles. The Morgan fingerprint density at radius 2 is 1.83 bits per heavy atom. The minimum Gasteiger partial charge on any atom is -0.475 e. The molecule has 1 saturated heterocycles. The Morgan fingerprint density at radius 1 is 1.10 bits per heavy atom. The molecule has 3 fully saturated rings. The number of amides is 1. The third-order valence-corrected chi connectivity index (χ3v) is 7.19. The van der Waals surface area contributed by atoms with Crippen LogP contribution in [-0.4, -0.2) is 77.4 Å². The number of hydrogen-bond acceptors (Lipinski definition) is 8. The molecule has 2 saturated carbocycles. The van der Waals surface area contributed by atoms with Gasteiger partial charge in [0, 0.05) is 56.1 Å². The summed E-state index contributed by atoms with van der Waals surface area (Å²) < 4.78 is 37.2. The van der Waals surface area contributed by atoms with Crippen LogP contribution >= 0.6 is 0 Å². The van der Waals surface area contributed by atoms with Crippen LogP contribution in [0.3, 0.4) is 0 Å². The first-order valence-electron chi connectivity index (χ1n) is 14.0. The van der Waals surface area contributed by atoms with Crippen molar-refractivity contribution in [2.75, 3.05) is 50.0 Å². The van der Waals surface area contributed by atoms with Crippen LogP contribution in [-0.2, 0) is 20.9 Å². The number of morpholine rings is 1. The summed E-state index contributed by atoms with van der Waals surface area (Å²) in [4.78, 5) is 32.7. The van der Waals surface area contributed by atoms with Crippen LogP contribution in [0, 0.1) is 5.92 Å². The molecule has 1 aromatic carbocycles. The maximum atomic E-state index is 12.0. The third kappa shape index (κ3) is 9.85. The number of carbonyl (C=O) groups is 2. The van der Waals surface area contributed by atoms with Gasteiger partial charge in [-0.2, -0.15) is 18.2 Å². The fourth-order valence-electron chi connectivity index (χ4n) is 4.50. The van der Waals surface area contributed by atoms with Crippen molar-refractivity contribution in [2.45, 2.75) is 57.2 Å². The molecule has 0 atom stereocenters. The summed E-state index contributed by atoms with van der Waals surface area (Å²) in [5, 5.41) is 17.1. The normalized spacial score (nSPS) is 17.5. The summed E-state index contributed by atoms with van der Waals surface area (Å²) in [6, 6.07) is 8.46. The molecule has 3 aliphatic rings. The summed E-state index contributed by atoms with van der Waals surface area (Å²) in [6.45, 7) is 5.96. The van der Waals surface area contributed by atoms with Gasteiger partial charge in [-0.3, -0.25) is 9.69 Å². The Hall–Kier alpha value is -3.45. The van der Waals surface area contributed by atoms with Crippen LogP contribution in [0.1, 0.15) is 55.6 Å². The number of anilines is 3. The average molecular weight is 579 g/mol. The number of benzene rings is 1. The highest BCUT2D eigenvalue weighted by Gasteiger charge is 2.38. The second-order valence-electron chi connectivity index (χ2n) is 10.5. The van der Waals surface area contributed by atoms with Crippen LogP contribution in [0.5, 0.6) is 0 Å². The number of rotatable bonds is 11. The van der Waals surface area contributed by atoms with Crippen molar-refractivity contribution in [1.29, 1.82) is 0 Å². The molecule has 1 aliphatic heterocycles. The number of alkyl halides is 3. The molecule has 10 nitrogen and oxygen atoms in total. The van der Waals surface area contributed by atoms with Gasteiger partial charge in [0.05, 0.1) is 13.2 Å². The molecule has 2 aromatic rings. The second kappa shape index (κ2) is 14.4. The number of carboxylic acids is 1. The van der Waals surface area contributed by atoms with E-state index in [4.69, 9.17) is 19.6 Å². The van der Waals surface area contributed by atoms with Gasteiger partial charge in [-0.1, -0.05) is 18.6 Å². The standard InChI is InChI=1S/C26H36N6O2.C2HF3O2/c33-25(21-5-2-6-21)28-11-3-10-27-24-23(20-8-9-20)17-29-26(31-24)30-22-7-1-4-19(16-22)18-32-12-14-34-15-13-32;3-2(4,5)1(6)7/h1,4,7,16-17,20-21H,2-3,5-6,8-15,18H2,(H,28,33)(H2,27,29,30,31);(H,6,7). The van der Waals surface area contributed by atoms with Gasteiger partial charge in [-0.25, -0.2) is 9.78 Å². The molecule has 1 amide bonds. The summed E-state index contributed by atoms with van der Waals surface area (Å²) in [5.41, 5.74) is 3.46. The maximum Gasteiger partial charge on any atom is 0.490 e. The molecule has 0 spiro atoms. The van der Waals surface area contributed by atoms with E-state index in [0.29, 0.717) is 18.4 Å². The van der Waals surface area contributed by atoms with E-state index in [9.17, 15) is 18.0 Å². The van der Waals surface area contributed by atoms with Gasteiger partial charge < -0.3 is 25.8 Å². The average Bonchev–Trinajstić information content (AvgIpc) is 3.74. The molecule has 224 valence electrons. The lowest BCUT2D eigenvalue weighted by molar-refractivity contribution is -0.192. The number of aromatic nitrogens is 2. The quantitative estimate of drug-likeness (QED) is 0.289. The molecular formula is C28H37F3N6O4. The van der Waals surface area contributed by atoms with Crippen LogP contribution in [0.4, 0.5) is 30.6 Å². The monoisotopic (exact) mass is 578 g/mol. The van der Waals surface area contributed by atoms with E-state index in [2.05, 4.69) is 50.1 Å². The Bertz CT molecular complexity index is 1170. The first-order valence-corrected chi connectivity index (χ1v) is 14.0. The summed E-state index contributed by atoms with van der Waals surface area (Å²) >= 11 is 0. The van der Waals surface area contributed by atoms with Crippen LogP contribution in [0.15, 0.2) is 30.5 Å². The topological polar surface area (TPSA) is 129 Å². The van der Waals surface area contributed by atoms with E-state index in [0.717, 1.165) is 70.2 Å². The van der Waals surface area contributed by atoms with E-state index >= 15 is 0 Å². The molecule has 41 heavy (non-hydrogen) atoms. The number of hydrogen-bond donors (Lipinski definition) is 4. The van der Waals surface area contributed by atoms with Crippen LogP contribution in [0.25, 0.3) is 0 Å². The fraction of sp³-hybridized carbons (Fsp3) is 0.571. The van der Waals surface area contributed by atoms with Crippen LogP contribution in [0.2, 0.25) is 0 Å². The lowest BCUT2D eigenvalue weighted by atomic mass is 9.85. The van der Waals surface area contributed by atoms with Crippen LogP contribution < -0.4 is 16.0 Å². The van der Waals surface area contributed by atoms with Gasteiger partial charge >= 0.3 is 12.1 Å². The van der Waals surface area contributed by atoms with Crippen molar-refractivity contribution >= 4 is 29.3 Å². The van der Waals surface area contributed by atoms with Crippen molar-refractivity contribution in [3.05, 3.63) is 41.6 Å². The molecule has 0 radical (unpaired) electrons. The van der Waals surface area contributed by atoms with Crippen molar-refractivity contribution in [3.63, 3.8) is 0 Å². The van der Waals surface area contributed by atoms with Crippen molar-refractivity contribution in [2.24, 2.45) is 5.92 Å². The Labute approximate surface area is 237 Å². The van der Waals surface area contributed by atoms with E-state index in [1.807, 2.05) is 6.20 Å². The van der Waals surface area contributed by atoms with Gasteiger partial charge in [0.2, 0.25) is 11.9 Å². The van der Waals surface area contributed by atoms with E-state index < -0.39 is 12.1 Å². The van der Waals surface area contributed by atoms with Gasteiger partial charge in [0.15, 0.2) is 0 Å². The first-order chi connectivity index (χ1) is 19.7. The highest BCUT2D eigenvalue weighted by molar-refractivity contribution is 5.79. The molecule has 4 N–H and O–H groups in total. The number of ether oxygens (including phenoxy) is 1. The first kappa shape index (κ1) is 30.5. The summed E-state index contributed by atoms with van der Waals surface area (Å²) in [5.74, 6) is -0.214. The third-order valence-electron chi connectivity index (χ3n) is 7.19. The zero-order valence-corrected chi connectivity index (χ0v) is 22.9. The molecule has 1 aromatic heterocycles. The van der Waals surface area contributed by atoms with E-state index in [1.165, 1.54) is 30.4 Å². The number of halogens is 3. The number of nitrogens with one attached hydrogen (secondary N) is 3. The zero-order chi connectivity index (χ0) is 29.2. The SMILES string of the molecule is O=C(NCCCNc1nc(Nc2cccc(CN3CCOCC3)c2)ncc1C1CC1)C1CCC1.O=C(O)C(F)(F)F. The van der Waals surface area contributed by atoms with Gasteiger partial charge in [0.1, 0.15) is 5.82 Å². The zero-order valence-electron chi connectivity index (χ0n) is 22.9. The maximum absolute atomic E-state index is 12.0. The Kier molecular flexibility index (Phi) is 10.7. The summed E-state index contributed by atoms with van der Waals surface area (Å²) in [7, 11) is 0. The minimum absolute atomic E-state index is 0.217. The Balaban J connectivity index is 0.000000493. The number of carboxylic acid groups (broad SMARTS) is 1. The predicted molar refractivity (Wildman–Crippen MR) is 147 cm³/mol. The smallest absolute Gasteiger partial charge is 0.475 e. The van der Waals surface area contributed by atoms with Gasteiger partial charge in [-0.05, 0) is 55.7 Å². The summed E-state index contributed by atoms with van der Waals surface area (Å²) in [6.07, 6.45) is 3.43. The molecule has 13 heteroatoms. The van der Waals surface area contributed by atoms with Crippen molar-refractivity contribution in [1.82, 2.24) is 20.2 Å². The number of aliphatic carboxylic acids is 1. The van der Waals surface area contributed by atoms with Crippen molar-refractivity contribution in [3.8, 4) is 0 Å². The lowest BCUT2D eigenvalue weighted by Crippen LogP contribution is -2.35. The number of carbonyl (C=O) groups excluding carboxylic acids is 1. The molecule has 5 rings (SSSR count). The predicted octanol–water partition coefficient (Wildman–Crippen LogP) is 4.28. The van der Waals surface area contributed by atoms with Crippen molar-refractivity contribution < 1.29 is 32.6 Å². The molecule has 0 bridgehead atoms. The van der Waals surface area contributed by atoms with E-state index in [1.54, 1.807) is 0 Å². The highest BCUT2D eigenvalue weighted by Crippen LogP contribution is 2.42. The largest absolute Gasteiger partial charge is 0.490 e. The lowest BCUT2D eigenvalue weighted by Gasteiger charge is -2.26. The molecule has 0 unspecified atom stereocenters. The second-order valence-corrected chi connectivity index (χ2v) is 10.5. The minimum atomic E-state index is -5.08. The van der Waals surface area contributed by atoms with Gasteiger partial charge in [0.25, 0.3) is 0 Å².